The number of ketones is 1. The summed E-state index contributed by atoms with van der Waals surface area (Å²) in [6.45, 7) is 0. The van der Waals surface area contributed by atoms with Crippen molar-refractivity contribution < 1.29 is 19.2 Å². The molecule has 0 saturated heterocycles. The quantitative estimate of drug-likeness (QED) is 0.269. The molecular weight excluding hydrogens is 298 g/mol. The predicted octanol–water partition coefficient (Wildman–Crippen LogP) is 2.81. The molecule has 0 heterocycles. The van der Waals surface area contributed by atoms with E-state index in [1.807, 2.05) is 18.2 Å². The van der Waals surface area contributed by atoms with Gasteiger partial charge in [0, 0.05) is 17.7 Å². The summed E-state index contributed by atoms with van der Waals surface area (Å²) < 4.78 is 4.71. The Morgan fingerprint density at radius 3 is 2.43 bits per heavy atom. The van der Waals surface area contributed by atoms with Crippen molar-refractivity contribution in [1.82, 2.24) is 0 Å². The Hall–Kier alpha value is -3.02. The van der Waals surface area contributed by atoms with Crippen molar-refractivity contribution in [3.63, 3.8) is 0 Å². The fourth-order valence-electron chi connectivity index (χ4n) is 2.25. The Kier molecular flexibility index (Phi) is 5.19. The van der Waals surface area contributed by atoms with Gasteiger partial charge < -0.3 is 4.74 Å². The van der Waals surface area contributed by atoms with E-state index in [4.69, 9.17) is 4.74 Å². The molecule has 0 bridgehead atoms. The fourth-order valence-corrected chi connectivity index (χ4v) is 2.25. The summed E-state index contributed by atoms with van der Waals surface area (Å²) in [4.78, 5) is 34.8. The van der Waals surface area contributed by atoms with Crippen molar-refractivity contribution in [1.29, 1.82) is 0 Å². The zero-order valence-corrected chi connectivity index (χ0v) is 12.5. The van der Waals surface area contributed by atoms with Crippen LogP contribution in [0, 0.1) is 16.0 Å². The molecule has 0 aromatic heterocycles. The number of nitro groups is 1. The lowest BCUT2D eigenvalue weighted by Crippen LogP contribution is -2.27. The number of esters is 1. The van der Waals surface area contributed by atoms with Crippen molar-refractivity contribution in [3.05, 3.63) is 75.8 Å². The third-order valence-electron chi connectivity index (χ3n) is 3.43. The fraction of sp³-hybridized carbons (Fsp3) is 0.176. The maximum Gasteiger partial charge on any atom is 0.316 e. The Morgan fingerprint density at radius 1 is 1.13 bits per heavy atom. The zero-order chi connectivity index (χ0) is 16.8. The number of hydrogen-bond acceptors (Lipinski definition) is 5. The van der Waals surface area contributed by atoms with Crippen LogP contribution in [0.2, 0.25) is 0 Å². The van der Waals surface area contributed by atoms with E-state index in [0.29, 0.717) is 0 Å². The van der Waals surface area contributed by atoms with Crippen LogP contribution in [0.1, 0.15) is 15.9 Å². The molecule has 2 rings (SSSR count). The number of ether oxygens (including phenoxy) is 1. The van der Waals surface area contributed by atoms with Gasteiger partial charge in [0.25, 0.3) is 5.69 Å². The zero-order valence-electron chi connectivity index (χ0n) is 12.5. The lowest BCUT2D eigenvalue weighted by Gasteiger charge is -2.13. The van der Waals surface area contributed by atoms with Crippen molar-refractivity contribution in [2.24, 2.45) is 5.92 Å². The Morgan fingerprint density at radius 2 is 1.83 bits per heavy atom. The van der Waals surface area contributed by atoms with Crippen LogP contribution in [0.5, 0.6) is 0 Å². The van der Waals surface area contributed by atoms with Crippen LogP contribution in [-0.2, 0) is 16.0 Å². The van der Waals surface area contributed by atoms with Gasteiger partial charge >= 0.3 is 5.97 Å². The van der Waals surface area contributed by atoms with Crippen LogP contribution in [0.25, 0.3) is 0 Å². The summed E-state index contributed by atoms with van der Waals surface area (Å²) in [5.74, 6) is -2.20. The number of methoxy groups -OCH3 is 1. The summed E-state index contributed by atoms with van der Waals surface area (Å²) in [5.41, 5.74) is 0.728. The van der Waals surface area contributed by atoms with E-state index in [1.165, 1.54) is 31.4 Å². The molecule has 118 valence electrons. The van der Waals surface area contributed by atoms with Crippen LogP contribution < -0.4 is 0 Å². The molecular formula is C17H15NO5. The summed E-state index contributed by atoms with van der Waals surface area (Å²) in [6.07, 6.45) is 0.176. The van der Waals surface area contributed by atoms with Gasteiger partial charge in [0.15, 0.2) is 5.78 Å². The van der Waals surface area contributed by atoms with Gasteiger partial charge in [0.2, 0.25) is 0 Å². The van der Waals surface area contributed by atoms with E-state index >= 15 is 0 Å². The molecule has 0 aliphatic carbocycles. The van der Waals surface area contributed by atoms with Crippen LogP contribution >= 0.6 is 0 Å². The number of benzene rings is 2. The molecule has 0 aliphatic rings. The molecule has 0 fully saturated rings. The number of carbonyl (C=O) groups is 2. The predicted molar refractivity (Wildman–Crippen MR) is 83.1 cm³/mol. The Balaban J connectivity index is 2.31. The molecule has 0 saturated carbocycles. The summed E-state index contributed by atoms with van der Waals surface area (Å²) >= 11 is 0. The highest BCUT2D eigenvalue weighted by Crippen LogP contribution is 2.20. The second-order valence-electron chi connectivity index (χ2n) is 4.94. The minimum atomic E-state index is -1.04. The van der Waals surface area contributed by atoms with Crippen molar-refractivity contribution in [2.45, 2.75) is 6.42 Å². The van der Waals surface area contributed by atoms with Crippen LogP contribution in [0.15, 0.2) is 54.6 Å². The summed E-state index contributed by atoms with van der Waals surface area (Å²) in [7, 11) is 1.21. The second-order valence-corrected chi connectivity index (χ2v) is 4.94. The molecule has 0 aliphatic heterocycles. The summed E-state index contributed by atoms with van der Waals surface area (Å²) in [6, 6.07) is 14.4. The Labute approximate surface area is 132 Å². The first kappa shape index (κ1) is 16.4. The van der Waals surface area contributed by atoms with E-state index < -0.39 is 22.6 Å². The number of rotatable bonds is 6. The monoisotopic (exact) mass is 313 g/mol. The molecule has 0 amide bonds. The van der Waals surface area contributed by atoms with E-state index in [-0.39, 0.29) is 17.7 Å². The molecule has 23 heavy (non-hydrogen) atoms. The number of nitrogens with zero attached hydrogens (tertiary/aromatic N) is 1. The van der Waals surface area contributed by atoms with Crippen molar-refractivity contribution in [3.8, 4) is 0 Å². The lowest BCUT2D eigenvalue weighted by molar-refractivity contribution is -0.384. The maximum atomic E-state index is 12.6. The maximum absolute atomic E-state index is 12.6. The van der Waals surface area contributed by atoms with Crippen LogP contribution in [0.3, 0.4) is 0 Å². The number of non-ortho nitro benzene ring substituents is 1. The van der Waals surface area contributed by atoms with Gasteiger partial charge in [0.05, 0.1) is 12.0 Å². The van der Waals surface area contributed by atoms with Crippen molar-refractivity contribution in [2.75, 3.05) is 7.11 Å². The number of nitro benzene ring substituents is 1. The number of Topliss-reactive ketones (excluding diaryl/α,β-unsaturated/α-hetero) is 1. The minimum Gasteiger partial charge on any atom is -0.468 e. The topological polar surface area (TPSA) is 86.5 Å². The highest BCUT2D eigenvalue weighted by Gasteiger charge is 2.29. The van der Waals surface area contributed by atoms with Gasteiger partial charge in [-0.3, -0.25) is 19.7 Å². The van der Waals surface area contributed by atoms with E-state index in [0.717, 1.165) is 5.56 Å². The molecule has 2 aromatic carbocycles. The van der Waals surface area contributed by atoms with Gasteiger partial charge in [-0.1, -0.05) is 42.5 Å². The number of hydrogen-bond donors (Lipinski definition) is 0. The SMILES string of the molecule is COC(=O)C(Cc1ccccc1)C(=O)c1cccc([N+](=O)[O-])c1. The smallest absolute Gasteiger partial charge is 0.316 e. The summed E-state index contributed by atoms with van der Waals surface area (Å²) in [5, 5.41) is 10.8. The molecule has 0 spiro atoms. The van der Waals surface area contributed by atoms with Gasteiger partial charge in [0.1, 0.15) is 5.92 Å². The average Bonchev–Trinajstić information content (AvgIpc) is 2.59. The van der Waals surface area contributed by atoms with Gasteiger partial charge in [-0.15, -0.1) is 0 Å². The van der Waals surface area contributed by atoms with E-state index in [2.05, 4.69) is 0 Å². The lowest BCUT2D eigenvalue weighted by atomic mass is 9.91. The molecule has 6 heteroatoms. The molecule has 1 unspecified atom stereocenters. The standard InChI is InChI=1S/C17H15NO5/c1-23-17(20)15(10-12-6-3-2-4-7-12)16(19)13-8-5-9-14(11-13)18(21)22/h2-9,11,15H,10H2,1H3. The first-order valence-electron chi connectivity index (χ1n) is 6.93. The first-order valence-corrected chi connectivity index (χ1v) is 6.93. The minimum absolute atomic E-state index is 0.116. The van der Waals surface area contributed by atoms with E-state index in [1.54, 1.807) is 12.1 Å². The first-order chi connectivity index (χ1) is 11.0. The second kappa shape index (κ2) is 7.31. The molecule has 6 nitrogen and oxygen atoms in total. The van der Waals surface area contributed by atoms with Crippen LogP contribution in [-0.4, -0.2) is 23.8 Å². The largest absolute Gasteiger partial charge is 0.468 e. The Bertz CT molecular complexity index is 727. The van der Waals surface area contributed by atoms with Crippen LogP contribution in [0.4, 0.5) is 5.69 Å². The normalized spacial score (nSPS) is 11.5. The average molecular weight is 313 g/mol. The third kappa shape index (κ3) is 4.00. The molecule has 0 N–H and O–H groups in total. The molecule has 0 radical (unpaired) electrons. The van der Waals surface area contributed by atoms with Gasteiger partial charge in [-0.05, 0) is 12.0 Å². The van der Waals surface area contributed by atoms with E-state index in [9.17, 15) is 19.7 Å². The number of carbonyl (C=O) groups excluding carboxylic acids is 2. The molecule has 1 atom stereocenters. The van der Waals surface area contributed by atoms with Gasteiger partial charge in [-0.2, -0.15) is 0 Å². The highest BCUT2D eigenvalue weighted by atomic mass is 16.6. The molecule has 2 aromatic rings. The highest BCUT2D eigenvalue weighted by molar-refractivity contribution is 6.09. The van der Waals surface area contributed by atoms with Gasteiger partial charge in [-0.25, -0.2) is 0 Å². The third-order valence-corrected chi connectivity index (χ3v) is 3.43. The van der Waals surface area contributed by atoms with Crippen molar-refractivity contribution >= 4 is 17.4 Å².